The van der Waals surface area contributed by atoms with Crippen molar-refractivity contribution >= 4 is 28.7 Å². The number of imidazole rings is 1. The highest BCUT2D eigenvalue weighted by Gasteiger charge is 2.44. The van der Waals surface area contributed by atoms with E-state index in [0.717, 1.165) is 0 Å². The van der Waals surface area contributed by atoms with Gasteiger partial charge in [0.25, 0.3) is 5.91 Å². The molecule has 1 fully saturated rings. The molecule has 1 aliphatic rings. The van der Waals surface area contributed by atoms with Crippen LogP contribution in [0, 0.1) is 0 Å². The molecule has 11 heteroatoms. The minimum absolute atomic E-state index is 0.0181. The lowest BCUT2D eigenvalue weighted by Gasteiger charge is -2.16. The summed E-state index contributed by atoms with van der Waals surface area (Å²) < 4.78 is 6.84. The Morgan fingerprint density at radius 1 is 1.17 bits per heavy atom. The molecule has 30 heavy (non-hydrogen) atoms. The molecule has 0 aliphatic carbocycles. The van der Waals surface area contributed by atoms with Crippen molar-refractivity contribution in [3.63, 3.8) is 0 Å². The van der Waals surface area contributed by atoms with Crippen LogP contribution >= 0.6 is 0 Å². The molecule has 0 bridgehead atoms. The van der Waals surface area contributed by atoms with E-state index in [1.54, 1.807) is 30.3 Å². The molecule has 0 saturated carbocycles. The summed E-state index contributed by atoms with van der Waals surface area (Å²) >= 11 is 0. The van der Waals surface area contributed by atoms with Gasteiger partial charge in [-0.1, -0.05) is 18.2 Å². The summed E-state index contributed by atoms with van der Waals surface area (Å²) in [5.74, 6) is -1.04. The number of fused-ring (bicyclic) bond motifs is 1. The largest absolute Gasteiger partial charge is 0.394 e. The number of benzene rings is 1. The predicted octanol–water partition coefficient (Wildman–Crippen LogP) is -0.107. The van der Waals surface area contributed by atoms with Gasteiger partial charge >= 0.3 is 0 Å². The molecule has 1 saturated heterocycles. The number of carbonyl (C=O) groups excluding carboxylic acids is 2. The van der Waals surface area contributed by atoms with Crippen molar-refractivity contribution in [2.75, 3.05) is 11.9 Å². The van der Waals surface area contributed by atoms with Crippen LogP contribution in [0.2, 0.25) is 0 Å². The lowest BCUT2D eigenvalue weighted by molar-refractivity contribution is -0.0511. The molecule has 1 aromatic carbocycles. The molecule has 2 unspecified atom stereocenters. The van der Waals surface area contributed by atoms with E-state index in [1.807, 2.05) is 0 Å². The molecule has 156 valence electrons. The number of aliphatic hydroxyl groups is 3. The Balaban J connectivity index is 1.77. The summed E-state index contributed by atoms with van der Waals surface area (Å²) in [5.41, 5.74) is 0.673. The normalized spacial score (nSPS) is 23.6. The van der Waals surface area contributed by atoms with E-state index in [1.165, 1.54) is 17.8 Å². The highest BCUT2D eigenvalue weighted by atomic mass is 16.6. The molecule has 0 spiro atoms. The van der Waals surface area contributed by atoms with Crippen LogP contribution < -0.4 is 5.32 Å². The fraction of sp³-hybridized carbons (Fsp3) is 0.316. The topological polar surface area (TPSA) is 160 Å². The summed E-state index contributed by atoms with van der Waals surface area (Å²) in [6, 6.07) is 8.44. The van der Waals surface area contributed by atoms with E-state index in [4.69, 9.17) is 4.74 Å². The number of aliphatic hydroxyl groups excluding tert-OH is 3. The second-order valence-electron chi connectivity index (χ2n) is 6.83. The van der Waals surface area contributed by atoms with Gasteiger partial charge in [0.1, 0.15) is 18.3 Å². The Kier molecular flexibility index (Phi) is 5.26. The fourth-order valence-electron chi connectivity index (χ4n) is 3.23. The molecule has 3 aromatic rings. The number of carbonyl (C=O) groups is 2. The van der Waals surface area contributed by atoms with Gasteiger partial charge in [-0.2, -0.15) is 0 Å². The van der Waals surface area contributed by atoms with Crippen LogP contribution in [0.5, 0.6) is 0 Å². The molecular weight excluding hydrogens is 394 g/mol. The number of Topliss-reactive ketones (excluding diaryl/α,β-unsaturated/α-hetero) is 1. The van der Waals surface area contributed by atoms with Gasteiger partial charge in [-0.3, -0.25) is 14.2 Å². The third-order valence-electron chi connectivity index (χ3n) is 4.80. The summed E-state index contributed by atoms with van der Waals surface area (Å²) in [6.45, 7) is 0.782. The number of nitrogens with one attached hydrogen (secondary N) is 1. The van der Waals surface area contributed by atoms with E-state index in [2.05, 4.69) is 20.3 Å². The highest BCUT2D eigenvalue weighted by Crippen LogP contribution is 2.32. The first-order valence-electron chi connectivity index (χ1n) is 9.15. The third kappa shape index (κ3) is 3.44. The highest BCUT2D eigenvalue weighted by molar-refractivity contribution is 6.07. The monoisotopic (exact) mass is 413 g/mol. The number of ether oxygens (including phenoxy) is 1. The van der Waals surface area contributed by atoms with Crippen molar-refractivity contribution in [3.05, 3.63) is 48.0 Å². The molecule has 11 nitrogen and oxygen atoms in total. The maximum Gasteiger partial charge on any atom is 0.256 e. The fourth-order valence-corrected chi connectivity index (χ4v) is 3.23. The number of amides is 1. The minimum Gasteiger partial charge on any atom is -0.394 e. The van der Waals surface area contributed by atoms with Gasteiger partial charge in [0.05, 0.1) is 12.9 Å². The average Bonchev–Trinajstić information content (AvgIpc) is 3.29. The average molecular weight is 413 g/mol. The first-order valence-corrected chi connectivity index (χ1v) is 9.15. The minimum atomic E-state index is -1.36. The number of ketones is 1. The summed E-state index contributed by atoms with van der Waals surface area (Å²) in [5, 5.41) is 32.3. The van der Waals surface area contributed by atoms with E-state index in [9.17, 15) is 24.9 Å². The lowest BCUT2D eigenvalue weighted by Crippen LogP contribution is -2.33. The van der Waals surface area contributed by atoms with Crippen LogP contribution in [0.4, 0.5) is 5.82 Å². The number of anilines is 1. The first-order chi connectivity index (χ1) is 14.4. The van der Waals surface area contributed by atoms with Gasteiger partial charge in [-0.05, 0) is 12.1 Å². The predicted molar refractivity (Wildman–Crippen MR) is 103 cm³/mol. The van der Waals surface area contributed by atoms with Crippen molar-refractivity contribution in [1.82, 2.24) is 19.5 Å². The maximum atomic E-state index is 12.6. The molecule has 3 heterocycles. The zero-order chi connectivity index (χ0) is 21.4. The Morgan fingerprint density at radius 3 is 2.53 bits per heavy atom. The molecule has 1 aliphatic heterocycles. The molecule has 4 atom stereocenters. The summed E-state index contributed by atoms with van der Waals surface area (Å²) in [6.07, 6.45) is -3.48. The van der Waals surface area contributed by atoms with E-state index >= 15 is 0 Å². The van der Waals surface area contributed by atoms with Gasteiger partial charge in [-0.25, -0.2) is 15.0 Å². The van der Waals surface area contributed by atoms with Crippen molar-refractivity contribution in [2.24, 2.45) is 0 Å². The molecule has 1 amide bonds. The Morgan fingerprint density at radius 2 is 1.90 bits per heavy atom. The molecule has 4 rings (SSSR count). The molecule has 0 radical (unpaired) electrons. The van der Waals surface area contributed by atoms with Crippen molar-refractivity contribution < 1.29 is 29.6 Å². The first kappa shape index (κ1) is 20.0. The Bertz CT molecular complexity index is 1100. The third-order valence-corrected chi connectivity index (χ3v) is 4.80. The zero-order valence-electron chi connectivity index (χ0n) is 15.8. The number of aromatic nitrogens is 4. The number of hydrogen-bond acceptors (Lipinski definition) is 9. The molecular formula is C19H19N5O6. The Labute approximate surface area is 170 Å². The second-order valence-corrected chi connectivity index (χ2v) is 6.83. The van der Waals surface area contributed by atoms with E-state index < -0.39 is 42.8 Å². The van der Waals surface area contributed by atoms with Crippen molar-refractivity contribution in [1.29, 1.82) is 0 Å². The molecule has 2 aromatic heterocycles. The van der Waals surface area contributed by atoms with Crippen molar-refractivity contribution in [2.45, 2.75) is 31.5 Å². The van der Waals surface area contributed by atoms with Gasteiger partial charge in [0.15, 0.2) is 34.8 Å². The zero-order valence-corrected chi connectivity index (χ0v) is 15.8. The Hall–Kier alpha value is -3.25. The lowest BCUT2D eigenvalue weighted by atomic mass is 10.1. The van der Waals surface area contributed by atoms with E-state index in [-0.39, 0.29) is 22.8 Å². The van der Waals surface area contributed by atoms with E-state index in [0.29, 0.717) is 5.56 Å². The van der Waals surface area contributed by atoms with Crippen molar-refractivity contribution in [3.8, 4) is 0 Å². The van der Waals surface area contributed by atoms with Gasteiger partial charge in [-0.15, -0.1) is 0 Å². The summed E-state index contributed by atoms with van der Waals surface area (Å²) in [7, 11) is 0. The number of rotatable bonds is 5. The van der Waals surface area contributed by atoms with Crippen LogP contribution in [0.25, 0.3) is 11.2 Å². The van der Waals surface area contributed by atoms with Crippen LogP contribution in [0.15, 0.2) is 36.7 Å². The quantitative estimate of drug-likeness (QED) is 0.419. The van der Waals surface area contributed by atoms with Gasteiger partial charge in [0.2, 0.25) is 0 Å². The van der Waals surface area contributed by atoms with Gasteiger partial charge in [0, 0.05) is 12.5 Å². The van der Waals surface area contributed by atoms with Gasteiger partial charge < -0.3 is 25.4 Å². The SMILES string of the molecule is CC(=O)c1nc(NC(=O)c2ccccc2)c2ncn([C@@H]3O[C@H](CO)C(O)C3O)c2n1. The smallest absolute Gasteiger partial charge is 0.256 e. The summed E-state index contributed by atoms with van der Waals surface area (Å²) in [4.78, 5) is 37.0. The number of nitrogens with zero attached hydrogens (tertiary/aromatic N) is 4. The van der Waals surface area contributed by atoms with Crippen LogP contribution in [-0.2, 0) is 4.74 Å². The molecule has 4 N–H and O–H groups in total. The maximum absolute atomic E-state index is 12.6. The second kappa shape index (κ2) is 7.88. The van der Waals surface area contributed by atoms with Crippen LogP contribution in [0.1, 0.15) is 34.1 Å². The van der Waals surface area contributed by atoms with Crippen LogP contribution in [0.3, 0.4) is 0 Å². The number of hydrogen-bond donors (Lipinski definition) is 4. The standard InChI is InChI=1S/C19H19N5O6/c1-9(26)15-21-16(23-18(29)10-5-3-2-4-6-10)12-17(22-15)24(8-20-12)19-14(28)13(27)11(7-25)30-19/h2-6,8,11,13-14,19,25,27-28H,7H2,1H3,(H,21,22,23,29)/t11-,13?,14?,19-/m1/s1. The van der Waals surface area contributed by atoms with Crippen LogP contribution in [-0.4, -0.2) is 71.4 Å².